The molecular weight excluding hydrogens is 306 g/mol. The molecule has 0 bridgehead atoms. The lowest BCUT2D eigenvalue weighted by atomic mass is 10.1. The van der Waals surface area contributed by atoms with Gasteiger partial charge in [0.1, 0.15) is 11.6 Å². The van der Waals surface area contributed by atoms with Crippen LogP contribution in [0.2, 0.25) is 0 Å². The molecule has 0 radical (unpaired) electrons. The summed E-state index contributed by atoms with van der Waals surface area (Å²) in [4.78, 5) is 44.9. The van der Waals surface area contributed by atoms with Gasteiger partial charge in [0.15, 0.2) is 0 Å². The number of benzene rings is 1. The maximum atomic E-state index is 12.0. The van der Waals surface area contributed by atoms with E-state index in [0.717, 1.165) is 6.07 Å². The molecule has 3 N–H and O–H groups in total. The van der Waals surface area contributed by atoms with Crippen LogP contribution in [-0.4, -0.2) is 39.4 Å². The summed E-state index contributed by atoms with van der Waals surface area (Å²) >= 11 is 0. The number of hydrogen-bond donors (Lipinski definition) is 3. The molecule has 0 fully saturated rings. The van der Waals surface area contributed by atoms with Gasteiger partial charge in [-0.15, -0.1) is 0 Å². The molecule has 9 nitrogen and oxygen atoms in total. The number of aliphatic carboxylic acids is 1. The lowest BCUT2D eigenvalue weighted by Gasteiger charge is -2.23. The molecular formula is C14H17N3O6. The number of nitro benzene ring substituents is 1. The number of non-ortho nitro benzene ring substituents is 1. The van der Waals surface area contributed by atoms with E-state index in [1.807, 2.05) is 0 Å². The minimum absolute atomic E-state index is 0.0244. The summed E-state index contributed by atoms with van der Waals surface area (Å²) in [6.07, 6.45) is 0. The van der Waals surface area contributed by atoms with Crippen LogP contribution in [0.1, 0.15) is 31.1 Å². The minimum Gasteiger partial charge on any atom is -0.480 e. The maximum Gasteiger partial charge on any atom is 0.328 e. The SMILES string of the molecule is CC(NC(=O)c1cccc([N+](=O)[O-])c1)C(=O)NC(C)(C)C(=O)O. The van der Waals surface area contributed by atoms with Gasteiger partial charge in [0.2, 0.25) is 5.91 Å². The van der Waals surface area contributed by atoms with Gasteiger partial charge < -0.3 is 15.7 Å². The Balaban J connectivity index is 2.77. The fourth-order valence-corrected chi connectivity index (χ4v) is 1.58. The molecule has 0 spiro atoms. The second-order valence-corrected chi connectivity index (χ2v) is 5.42. The van der Waals surface area contributed by atoms with Gasteiger partial charge in [-0.1, -0.05) is 6.07 Å². The molecule has 1 unspecified atom stereocenters. The first kappa shape index (κ1) is 18.1. The van der Waals surface area contributed by atoms with Crippen LogP contribution in [0, 0.1) is 10.1 Å². The summed E-state index contributed by atoms with van der Waals surface area (Å²) in [5, 5.41) is 24.3. The van der Waals surface area contributed by atoms with Gasteiger partial charge in [-0.05, 0) is 26.8 Å². The average molecular weight is 323 g/mol. The van der Waals surface area contributed by atoms with Crippen molar-refractivity contribution in [2.75, 3.05) is 0 Å². The number of carboxylic acid groups (broad SMARTS) is 1. The highest BCUT2D eigenvalue weighted by molar-refractivity contribution is 5.98. The van der Waals surface area contributed by atoms with E-state index in [9.17, 15) is 24.5 Å². The Bertz CT molecular complexity index is 656. The van der Waals surface area contributed by atoms with Crippen LogP contribution in [0.4, 0.5) is 5.69 Å². The van der Waals surface area contributed by atoms with Crippen molar-refractivity contribution in [1.29, 1.82) is 0 Å². The van der Waals surface area contributed by atoms with Gasteiger partial charge in [-0.3, -0.25) is 19.7 Å². The lowest BCUT2D eigenvalue weighted by Crippen LogP contribution is -2.55. The number of carbonyl (C=O) groups excluding carboxylic acids is 2. The molecule has 0 saturated heterocycles. The highest BCUT2D eigenvalue weighted by atomic mass is 16.6. The molecule has 0 heterocycles. The van der Waals surface area contributed by atoms with Crippen molar-refractivity contribution >= 4 is 23.5 Å². The lowest BCUT2D eigenvalue weighted by molar-refractivity contribution is -0.384. The number of amides is 2. The molecule has 1 aromatic rings. The Kier molecular flexibility index (Phi) is 5.39. The van der Waals surface area contributed by atoms with Crippen LogP contribution in [0.25, 0.3) is 0 Å². The van der Waals surface area contributed by atoms with Gasteiger partial charge in [-0.25, -0.2) is 4.79 Å². The van der Waals surface area contributed by atoms with Crippen molar-refractivity contribution in [1.82, 2.24) is 10.6 Å². The van der Waals surface area contributed by atoms with E-state index in [4.69, 9.17) is 5.11 Å². The summed E-state index contributed by atoms with van der Waals surface area (Å²) in [6.45, 7) is 3.99. The van der Waals surface area contributed by atoms with E-state index in [1.54, 1.807) is 0 Å². The standard InChI is InChI=1S/C14H17N3O6/c1-8(11(18)16-14(2,3)13(20)21)15-12(19)9-5-4-6-10(7-9)17(22)23/h4-8H,1-3H3,(H,15,19)(H,16,18)(H,20,21). The predicted molar refractivity (Wildman–Crippen MR) is 79.9 cm³/mol. The number of carbonyl (C=O) groups is 3. The molecule has 1 rings (SSSR count). The molecule has 124 valence electrons. The Hall–Kier alpha value is -2.97. The third kappa shape index (κ3) is 4.77. The first-order valence-corrected chi connectivity index (χ1v) is 6.65. The maximum absolute atomic E-state index is 12.0. The van der Waals surface area contributed by atoms with E-state index >= 15 is 0 Å². The van der Waals surface area contributed by atoms with Crippen LogP contribution in [0.5, 0.6) is 0 Å². The molecule has 1 aromatic carbocycles. The van der Waals surface area contributed by atoms with Crippen molar-refractivity contribution in [3.8, 4) is 0 Å². The summed E-state index contributed by atoms with van der Waals surface area (Å²) in [7, 11) is 0. The van der Waals surface area contributed by atoms with Gasteiger partial charge in [0, 0.05) is 17.7 Å². The summed E-state index contributed by atoms with van der Waals surface area (Å²) in [6, 6.07) is 4.03. The van der Waals surface area contributed by atoms with E-state index in [-0.39, 0.29) is 11.3 Å². The van der Waals surface area contributed by atoms with Crippen molar-refractivity contribution in [3.63, 3.8) is 0 Å². The molecule has 0 aliphatic rings. The van der Waals surface area contributed by atoms with E-state index in [2.05, 4.69) is 10.6 Å². The van der Waals surface area contributed by atoms with Crippen molar-refractivity contribution in [2.24, 2.45) is 0 Å². The van der Waals surface area contributed by atoms with Gasteiger partial charge >= 0.3 is 5.97 Å². The van der Waals surface area contributed by atoms with Gasteiger partial charge in [-0.2, -0.15) is 0 Å². The van der Waals surface area contributed by atoms with E-state index in [1.165, 1.54) is 39.0 Å². The normalized spacial score (nSPS) is 12.1. The first-order chi connectivity index (χ1) is 10.5. The van der Waals surface area contributed by atoms with E-state index < -0.39 is 34.3 Å². The first-order valence-electron chi connectivity index (χ1n) is 6.65. The van der Waals surface area contributed by atoms with Crippen LogP contribution in [-0.2, 0) is 9.59 Å². The third-order valence-electron chi connectivity index (χ3n) is 3.03. The largest absolute Gasteiger partial charge is 0.480 e. The summed E-state index contributed by atoms with van der Waals surface area (Å²) in [5.74, 6) is -2.58. The molecule has 23 heavy (non-hydrogen) atoms. The average Bonchev–Trinajstić information content (AvgIpc) is 2.46. The number of nitrogens with zero attached hydrogens (tertiary/aromatic N) is 1. The van der Waals surface area contributed by atoms with Gasteiger partial charge in [0.05, 0.1) is 4.92 Å². The fourth-order valence-electron chi connectivity index (χ4n) is 1.58. The number of nitrogens with one attached hydrogen (secondary N) is 2. The number of hydrogen-bond acceptors (Lipinski definition) is 5. The Morgan fingerprint density at radius 2 is 1.91 bits per heavy atom. The van der Waals surface area contributed by atoms with Crippen LogP contribution in [0.15, 0.2) is 24.3 Å². The third-order valence-corrected chi connectivity index (χ3v) is 3.03. The van der Waals surface area contributed by atoms with Gasteiger partial charge in [0.25, 0.3) is 11.6 Å². The molecule has 9 heteroatoms. The predicted octanol–water partition coefficient (Wildman–Crippen LogP) is 0.692. The topological polar surface area (TPSA) is 139 Å². The molecule has 2 amide bonds. The van der Waals surface area contributed by atoms with Crippen molar-refractivity contribution < 1.29 is 24.4 Å². The fraction of sp³-hybridized carbons (Fsp3) is 0.357. The molecule has 0 aliphatic heterocycles. The van der Waals surface area contributed by atoms with Crippen LogP contribution in [0.3, 0.4) is 0 Å². The number of carboxylic acids is 1. The van der Waals surface area contributed by atoms with Crippen LogP contribution < -0.4 is 10.6 Å². The summed E-state index contributed by atoms with van der Waals surface area (Å²) < 4.78 is 0. The molecule has 1 atom stereocenters. The molecule has 0 aromatic heterocycles. The Labute approximate surface area is 131 Å². The molecule has 0 saturated carbocycles. The summed E-state index contributed by atoms with van der Waals surface area (Å²) in [5.41, 5.74) is -1.71. The second kappa shape index (κ2) is 6.86. The van der Waals surface area contributed by atoms with Crippen molar-refractivity contribution in [2.45, 2.75) is 32.4 Å². The minimum atomic E-state index is -1.48. The highest BCUT2D eigenvalue weighted by Crippen LogP contribution is 2.13. The van der Waals surface area contributed by atoms with E-state index in [0.29, 0.717) is 0 Å². The number of nitro groups is 1. The quantitative estimate of drug-likeness (QED) is 0.520. The van der Waals surface area contributed by atoms with Crippen molar-refractivity contribution in [3.05, 3.63) is 39.9 Å². The second-order valence-electron chi connectivity index (χ2n) is 5.42. The zero-order valence-electron chi connectivity index (χ0n) is 12.8. The Morgan fingerprint density at radius 3 is 2.43 bits per heavy atom. The number of rotatable bonds is 6. The highest BCUT2D eigenvalue weighted by Gasteiger charge is 2.31. The Morgan fingerprint density at radius 1 is 1.30 bits per heavy atom. The van der Waals surface area contributed by atoms with Crippen LogP contribution >= 0.6 is 0 Å². The zero-order chi connectivity index (χ0) is 17.8. The zero-order valence-corrected chi connectivity index (χ0v) is 12.8. The smallest absolute Gasteiger partial charge is 0.328 e. The monoisotopic (exact) mass is 323 g/mol. The molecule has 0 aliphatic carbocycles.